The van der Waals surface area contributed by atoms with Crippen LogP contribution in [0.3, 0.4) is 0 Å². The Labute approximate surface area is 124 Å². The number of nitrogens with one attached hydrogen (secondary N) is 1. The molecule has 1 aliphatic carbocycles. The molecule has 2 atom stereocenters. The second-order valence-electron chi connectivity index (χ2n) is 5.21. The van der Waals surface area contributed by atoms with Crippen molar-refractivity contribution in [2.24, 2.45) is 5.92 Å². The van der Waals surface area contributed by atoms with Crippen LogP contribution in [0.4, 0.5) is 0 Å². The van der Waals surface area contributed by atoms with Gasteiger partial charge in [0.25, 0.3) is 5.91 Å². The Morgan fingerprint density at radius 1 is 1.30 bits per heavy atom. The summed E-state index contributed by atoms with van der Waals surface area (Å²) in [4.78, 5) is 12.2. The zero-order chi connectivity index (χ0) is 14.8. The normalized spacial score (nSPS) is 22.7. The third kappa shape index (κ3) is 3.73. The van der Waals surface area contributed by atoms with Crippen LogP contribution in [0.25, 0.3) is 0 Å². The standard InChI is InChI=1S/C14H18ClNO3S/c1-20(18,19)12-7-5-10(6-8-12)14(17)16-9-11-3-2-4-13(11)15/h5-8,11,13H,2-4,9H2,1H3,(H,16,17). The van der Waals surface area contributed by atoms with Crippen molar-refractivity contribution in [2.75, 3.05) is 12.8 Å². The first-order valence-corrected chi connectivity index (χ1v) is 8.93. The number of benzene rings is 1. The summed E-state index contributed by atoms with van der Waals surface area (Å²) in [6.07, 6.45) is 4.30. The first-order valence-electron chi connectivity index (χ1n) is 6.60. The summed E-state index contributed by atoms with van der Waals surface area (Å²) >= 11 is 6.16. The van der Waals surface area contributed by atoms with Gasteiger partial charge in [-0.25, -0.2) is 8.42 Å². The first-order chi connectivity index (χ1) is 9.38. The predicted octanol–water partition coefficient (Wildman–Crippen LogP) is 2.23. The monoisotopic (exact) mass is 315 g/mol. The highest BCUT2D eigenvalue weighted by Crippen LogP contribution is 2.29. The van der Waals surface area contributed by atoms with Crippen molar-refractivity contribution >= 4 is 27.3 Å². The van der Waals surface area contributed by atoms with Crippen LogP contribution in [-0.2, 0) is 9.84 Å². The molecule has 1 N–H and O–H groups in total. The van der Waals surface area contributed by atoms with Crippen LogP contribution in [0.15, 0.2) is 29.2 Å². The van der Waals surface area contributed by atoms with E-state index in [-0.39, 0.29) is 16.2 Å². The van der Waals surface area contributed by atoms with Crippen molar-refractivity contribution in [2.45, 2.75) is 29.5 Å². The molecule has 0 heterocycles. The average molecular weight is 316 g/mol. The fourth-order valence-electron chi connectivity index (χ4n) is 2.40. The Bertz CT molecular complexity index is 583. The molecule has 1 aliphatic rings. The van der Waals surface area contributed by atoms with Crippen molar-refractivity contribution in [1.82, 2.24) is 5.32 Å². The highest BCUT2D eigenvalue weighted by molar-refractivity contribution is 7.90. The van der Waals surface area contributed by atoms with E-state index in [1.165, 1.54) is 24.3 Å². The second kappa shape index (κ2) is 6.14. The zero-order valence-electron chi connectivity index (χ0n) is 11.3. The molecule has 4 nitrogen and oxygen atoms in total. The minimum Gasteiger partial charge on any atom is -0.352 e. The van der Waals surface area contributed by atoms with Crippen LogP contribution in [-0.4, -0.2) is 32.5 Å². The van der Waals surface area contributed by atoms with E-state index in [1.807, 2.05) is 0 Å². The maximum absolute atomic E-state index is 12.0. The molecule has 0 radical (unpaired) electrons. The van der Waals surface area contributed by atoms with Crippen LogP contribution < -0.4 is 5.32 Å². The van der Waals surface area contributed by atoms with E-state index in [2.05, 4.69) is 5.32 Å². The van der Waals surface area contributed by atoms with Crippen LogP contribution in [0, 0.1) is 5.92 Å². The molecule has 0 aliphatic heterocycles. The molecule has 1 fully saturated rings. The maximum Gasteiger partial charge on any atom is 0.251 e. The lowest BCUT2D eigenvalue weighted by Gasteiger charge is -2.14. The highest BCUT2D eigenvalue weighted by Gasteiger charge is 2.25. The third-order valence-corrected chi connectivity index (χ3v) is 5.34. The van der Waals surface area contributed by atoms with E-state index in [0.717, 1.165) is 25.5 Å². The summed E-state index contributed by atoms with van der Waals surface area (Å²) in [5, 5.41) is 3.00. The Morgan fingerprint density at radius 2 is 1.95 bits per heavy atom. The smallest absolute Gasteiger partial charge is 0.251 e. The summed E-state index contributed by atoms with van der Waals surface area (Å²) in [5.74, 6) is 0.136. The lowest BCUT2D eigenvalue weighted by molar-refractivity contribution is 0.0947. The number of halogens is 1. The number of hydrogen-bond acceptors (Lipinski definition) is 3. The molecule has 0 aromatic heterocycles. The molecule has 1 aromatic rings. The summed E-state index contributed by atoms with van der Waals surface area (Å²) < 4.78 is 22.7. The molecule has 2 unspecified atom stereocenters. The van der Waals surface area contributed by atoms with E-state index in [4.69, 9.17) is 11.6 Å². The van der Waals surface area contributed by atoms with Gasteiger partial charge in [0.05, 0.1) is 4.90 Å². The second-order valence-corrected chi connectivity index (χ2v) is 7.79. The van der Waals surface area contributed by atoms with Crippen molar-refractivity contribution in [3.8, 4) is 0 Å². The van der Waals surface area contributed by atoms with Gasteiger partial charge in [-0.2, -0.15) is 0 Å². The fraction of sp³-hybridized carbons (Fsp3) is 0.500. The number of rotatable bonds is 4. The molecule has 0 saturated heterocycles. The Balaban J connectivity index is 1.96. The molecule has 1 aromatic carbocycles. The van der Waals surface area contributed by atoms with Crippen LogP contribution >= 0.6 is 11.6 Å². The molecule has 0 bridgehead atoms. The number of carbonyl (C=O) groups excluding carboxylic acids is 1. The predicted molar refractivity (Wildman–Crippen MR) is 78.9 cm³/mol. The number of carbonyl (C=O) groups is 1. The number of hydrogen-bond donors (Lipinski definition) is 1. The largest absolute Gasteiger partial charge is 0.352 e. The van der Waals surface area contributed by atoms with Crippen molar-refractivity contribution in [3.63, 3.8) is 0 Å². The SMILES string of the molecule is CS(=O)(=O)c1ccc(C(=O)NCC2CCCC2Cl)cc1. The number of sulfone groups is 1. The van der Waals surface area contributed by atoms with Gasteiger partial charge in [0.1, 0.15) is 0 Å². The van der Waals surface area contributed by atoms with Crippen molar-refractivity contribution < 1.29 is 13.2 Å². The van der Waals surface area contributed by atoms with Crippen LogP contribution in [0.5, 0.6) is 0 Å². The average Bonchev–Trinajstić information content (AvgIpc) is 2.81. The van der Waals surface area contributed by atoms with Gasteiger partial charge in [0, 0.05) is 23.7 Å². The molecule has 6 heteroatoms. The Morgan fingerprint density at radius 3 is 2.45 bits per heavy atom. The Kier molecular flexibility index (Phi) is 4.70. The minimum atomic E-state index is -3.23. The summed E-state index contributed by atoms with van der Waals surface area (Å²) in [7, 11) is -3.23. The van der Waals surface area contributed by atoms with Gasteiger partial charge in [-0.05, 0) is 43.0 Å². The van der Waals surface area contributed by atoms with Gasteiger partial charge in [0.2, 0.25) is 0 Å². The zero-order valence-corrected chi connectivity index (χ0v) is 12.9. The Hall–Kier alpha value is -1.07. The minimum absolute atomic E-state index is 0.142. The lowest BCUT2D eigenvalue weighted by Crippen LogP contribution is -2.31. The molecule has 1 saturated carbocycles. The van der Waals surface area contributed by atoms with E-state index in [9.17, 15) is 13.2 Å². The van der Waals surface area contributed by atoms with Gasteiger partial charge < -0.3 is 5.32 Å². The maximum atomic E-state index is 12.0. The summed E-state index contributed by atoms with van der Waals surface area (Å²) in [6, 6.07) is 5.95. The fourth-order valence-corrected chi connectivity index (χ4v) is 3.40. The molecule has 1 amide bonds. The van der Waals surface area contributed by atoms with E-state index in [0.29, 0.717) is 18.0 Å². The molecule has 0 spiro atoms. The van der Waals surface area contributed by atoms with Crippen LogP contribution in [0.1, 0.15) is 29.6 Å². The topological polar surface area (TPSA) is 63.2 Å². The number of alkyl halides is 1. The van der Waals surface area contributed by atoms with Gasteiger partial charge in [-0.15, -0.1) is 11.6 Å². The van der Waals surface area contributed by atoms with Crippen LogP contribution in [0.2, 0.25) is 0 Å². The number of amides is 1. The van der Waals surface area contributed by atoms with E-state index >= 15 is 0 Å². The summed E-state index contributed by atoms with van der Waals surface area (Å²) in [5.41, 5.74) is 0.460. The quantitative estimate of drug-likeness (QED) is 0.867. The molecular weight excluding hydrogens is 298 g/mol. The van der Waals surface area contributed by atoms with E-state index in [1.54, 1.807) is 0 Å². The van der Waals surface area contributed by atoms with Gasteiger partial charge in [-0.1, -0.05) is 6.42 Å². The first kappa shape index (κ1) is 15.3. The van der Waals surface area contributed by atoms with Gasteiger partial charge >= 0.3 is 0 Å². The molecular formula is C14H18ClNO3S. The van der Waals surface area contributed by atoms with E-state index < -0.39 is 9.84 Å². The third-order valence-electron chi connectivity index (χ3n) is 3.64. The molecule has 2 rings (SSSR count). The van der Waals surface area contributed by atoms with Gasteiger partial charge in [0.15, 0.2) is 9.84 Å². The lowest BCUT2D eigenvalue weighted by atomic mass is 10.1. The van der Waals surface area contributed by atoms with Crippen molar-refractivity contribution in [1.29, 1.82) is 0 Å². The molecule has 20 heavy (non-hydrogen) atoms. The van der Waals surface area contributed by atoms with Crippen molar-refractivity contribution in [3.05, 3.63) is 29.8 Å². The summed E-state index contributed by atoms with van der Waals surface area (Å²) in [6.45, 7) is 0.570. The highest BCUT2D eigenvalue weighted by atomic mass is 35.5. The van der Waals surface area contributed by atoms with Gasteiger partial charge in [-0.3, -0.25) is 4.79 Å². The molecule has 110 valence electrons.